The molecule has 0 unspecified atom stereocenters. The molecule has 1 saturated heterocycles. The van der Waals surface area contributed by atoms with Crippen LogP contribution < -0.4 is 5.32 Å². The van der Waals surface area contributed by atoms with Gasteiger partial charge in [0.25, 0.3) is 0 Å². The summed E-state index contributed by atoms with van der Waals surface area (Å²) in [7, 11) is 0. The molecule has 0 spiro atoms. The molecule has 0 aromatic carbocycles. The number of amides is 1. The Balaban J connectivity index is 1.67. The third-order valence-electron chi connectivity index (χ3n) is 4.09. The highest BCUT2D eigenvalue weighted by molar-refractivity contribution is 5.74. The SMILES string of the molecule is CC(=O)NC1(c2ccc(CN3CCCC3)cn2)CC1. The topological polar surface area (TPSA) is 45.2 Å². The minimum Gasteiger partial charge on any atom is -0.345 e. The van der Waals surface area contributed by atoms with Gasteiger partial charge in [0.15, 0.2) is 0 Å². The highest BCUT2D eigenvalue weighted by Gasteiger charge is 2.46. The van der Waals surface area contributed by atoms with Gasteiger partial charge in [-0.2, -0.15) is 0 Å². The standard InChI is InChI=1S/C15H21N3O/c1-12(19)17-15(6-7-15)14-5-4-13(10-16-14)11-18-8-2-3-9-18/h4-5,10H,2-3,6-9,11H2,1H3,(H,17,19). The van der Waals surface area contributed by atoms with E-state index < -0.39 is 0 Å². The average molecular weight is 259 g/mol. The van der Waals surface area contributed by atoms with Crippen LogP contribution in [0.5, 0.6) is 0 Å². The summed E-state index contributed by atoms with van der Waals surface area (Å²) in [5.74, 6) is 0.0282. The third kappa shape index (κ3) is 2.78. The zero-order valence-electron chi connectivity index (χ0n) is 11.5. The van der Waals surface area contributed by atoms with Crippen LogP contribution in [0.1, 0.15) is 43.9 Å². The van der Waals surface area contributed by atoms with E-state index in [1.807, 2.05) is 6.20 Å². The molecular formula is C15H21N3O. The van der Waals surface area contributed by atoms with E-state index in [0.717, 1.165) is 25.1 Å². The van der Waals surface area contributed by atoms with Crippen LogP contribution in [0.25, 0.3) is 0 Å². The summed E-state index contributed by atoms with van der Waals surface area (Å²) >= 11 is 0. The fraction of sp³-hybridized carbons (Fsp3) is 0.600. The Labute approximate surface area is 114 Å². The third-order valence-corrected chi connectivity index (χ3v) is 4.09. The van der Waals surface area contributed by atoms with Crippen molar-refractivity contribution in [2.75, 3.05) is 13.1 Å². The van der Waals surface area contributed by atoms with Crippen LogP contribution >= 0.6 is 0 Å². The minimum absolute atomic E-state index is 0.0282. The number of carbonyl (C=O) groups is 1. The molecule has 0 radical (unpaired) electrons. The van der Waals surface area contributed by atoms with E-state index in [1.165, 1.54) is 31.5 Å². The summed E-state index contributed by atoms with van der Waals surface area (Å²) in [5, 5.41) is 3.03. The smallest absolute Gasteiger partial charge is 0.217 e. The number of carbonyl (C=O) groups excluding carboxylic acids is 1. The van der Waals surface area contributed by atoms with Gasteiger partial charge in [-0.3, -0.25) is 14.7 Å². The van der Waals surface area contributed by atoms with Gasteiger partial charge in [-0.25, -0.2) is 0 Å². The molecule has 3 rings (SSSR count). The molecule has 102 valence electrons. The predicted octanol–water partition coefficient (Wildman–Crippen LogP) is 1.80. The van der Waals surface area contributed by atoms with Crippen molar-refractivity contribution < 1.29 is 4.79 Å². The van der Waals surface area contributed by atoms with Gasteiger partial charge in [0.1, 0.15) is 0 Å². The highest BCUT2D eigenvalue weighted by atomic mass is 16.1. The summed E-state index contributed by atoms with van der Waals surface area (Å²) < 4.78 is 0. The number of hydrogen-bond donors (Lipinski definition) is 1. The van der Waals surface area contributed by atoms with Crippen LogP contribution in [0.3, 0.4) is 0 Å². The Morgan fingerprint density at radius 3 is 2.63 bits per heavy atom. The summed E-state index contributed by atoms with van der Waals surface area (Å²) in [6.07, 6.45) is 6.61. The van der Waals surface area contributed by atoms with E-state index in [-0.39, 0.29) is 11.4 Å². The van der Waals surface area contributed by atoms with Crippen molar-refractivity contribution in [3.05, 3.63) is 29.6 Å². The van der Waals surface area contributed by atoms with Gasteiger partial charge in [-0.1, -0.05) is 6.07 Å². The largest absolute Gasteiger partial charge is 0.345 e. The van der Waals surface area contributed by atoms with Crippen molar-refractivity contribution in [1.82, 2.24) is 15.2 Å². The second kappa shape index (κ2) is 4.93. The van der Waals surface area contributed by atoms with Crippen LogP contribution in [-0.2, 0) is 16.9 Å². The number of nitrogens with one attached hydrogen (secondary N) is 1. The molecule has 4 nitrogen and oxygen atoms in total. The Hall–Kier alpha value is -1.42. The fourth-order valence-electron chi connectivity index (χ4n) is 2.91. The molecule has 1 saturated carbocycles. The molecule has 2 fully saturated rings. The molecule has 4 heteroatoms. The van der Waals surface area contributed by atoms with E-state index >= 15 is 0 Å². The first-order valence-electron chi connectivity index (χ1n) is 7.14. The lowest BCUT2D eigenvalue weighted by Gasteiger charge is -2.17. The predicted molar refractivity (Wildman–Crippen MR) is 73.5 cm³/mol. The minimum atomic E-state index is -0.169. The number of likely N-dealkylation sites (tertiary alicyclic amines) is 1. The average Bonchev–Trinajstić information content (AvgIpc) is 2.97. The Morgan fingerprint density at radius 2 is 2.11 bits per heavy atom. The van der Waals surface area contributed by atoms with Crippen LogP contribution in [-0.4, -0.2) is 28.9 Å². The normalized spacial score (nSPS) is 21.3. The van der Waals surface area contributed by atoms with Crippen molar-refractivity contribution in [2.45, 2.75) is 44.7 Å². The molecule has 1 aromatic rings. The Kier molecular flexibility index (Phi) is 3.27. The van der Waals surface area contributed by atoms with E-state index in [0.29, 0.717) is 0 Å². The van der Waals surface area contributed by atoms with Crippen LogP contribution in [0.4, 0.5) is 0 Å². The number of pyridine rings is 1. The lowest BCUT2D eigenvalue weighted by Crippen LogP contribution is -2.33. The number of aromatic nitrogens is 1. The lowest BCUT2D eigenvalue weighted by atomic mass is 10.1. The Bertz CT molecular complexity index is 459. The summed E-state index contributed by atoms with van der Waals surface area (Å²) in [6.45, 7) is 4.98. The Morgan fingerprint density at radius 1 is 1.37 bits per heavy atom. The summed E-state index contributed by atoms with van der Waals surface area (Å²) in [5.41, 5.74) is 2.11. The molecule has 1 N–H and O–H groups in total. The first kappa shape index (κ1) is 12.6. The molecule has 1 aliphatic carbocycles. The second-order valence-corrected chi connectivity index (χ2v) is 5.80. The number of hydrogen-bond acceptors (Lipinski definition) is 3. The van der Waals surface area contributed by atoms with E-state index in [9.17, 15) is 4.79 Å². The maximum Gasteiger partial charge on any atom is 0.217 e. The molecular weight excluding hydrogens is 238 g/mol. The lowest BCUT2D eigenvalue weighted by molar-refractivity contribution is -0.120. The zero-order valence-corrected chi connectivity index (χ0v) is 11.5. The maximum atomic E-state index is 11.2. The molecule has 0 atom stereocenters. The number of nitrogens with zero attached hydrogens (tertiary/aromatic N) is 2. The van der Waals surface area contributed by atoms with Crippen molar-refractivity contribution in [1.29, 1.82) is 0 Å². The monoisotopic (exact) mass is 259 g/mol. The first-order valence-corrected chi connectivity index (χ1v) is 7.14. The van der Waals surface area contributed by atoms with Crippen LogP contribution in [0.2, 0.25) is 0 Å². The second-order valence-electron chi connectivity index (χ2n) is 5.80. The molecule has 2 heterocycles. The maximum absolute atomic E-state index is 11.2. The first-order chi connectivity index (χ1) is 9.18. The van der Waals surface area contributed by atoms with Gasteiger partial charge < -0.3 is 5.32 Å². The van der Waals surface area contributed by atoms with Gasteiger partial charge in [-0.15, -0.1) is 0 Å². The van der Waals surface area contributed by atoms with Gasteiger partial charge in [0.2, 0.25) is 5.91 Å². The van der Waals surface area contributed by atoms with Crippen molar-refractivity contribution in [2.24, 2.45) is 0 Å². The van der Waals surface area contributed by atoms with Crippen molar-refractivity contribution >= 4 is 5.91 Å². The number of rotatable bonds is 4. The van der Waals surface area contributed by atoms with Crippen molar-refractivity contribution in [3.8, 4) is 0 Å². The van der Waals surface area contributed by atoms with E-state index in [2.05, 4.69) is 27.3 Å². The molecule has 19 heavy (non-hydrogen) atoms. The summed E-state index contributed by atoms with van der Waals surface area (Å²) in [6, 6.07) is 4.23. The molecule has 1 aliphatic heterocycles. The molecule has 1 aromatic heterocycles. The van der Waals surface area contributed by atoms with Gasteiger partial charge >= 0.3 is 0 Å². The highest BCUT2D eigenvalue weighted by Crippen LogP contribution is 2.44. The van der Waals surface area contributed by atoms with Gasteiger partial charge in [0.05, 0.1) is 11.2 Å². The quantitative estimate of drug-likeness (QED) is 0.897. The van der Waals surface area contributed by atoms with Gasteiger partial charge in [0, 0.05) is 19.7 Å². The molecule has 0 bridgehead atoms. The van der Waals surface area contributed by atoms with Crippen LogP contribution in [0.15, 0.2) is 18.3 Å². The zero-order chi connectivity index (χ0) is 13.3. The molecule has 1 amide bonds. The fourth-order valence-corrected chi connectivity index (χ4v) is 2.91. The molecule has 2 aliphatic rings. The van der Waals surface area contributed by atoms with Crippen LogP contribution in [0, 0.1) is 0 Å². The van der Waals surface area contributed by atoms with Crippen molar-refractivity contribution in [3.63, 3.8) is 0 Å². The van der Waals surface area contributed by atoms with Gasteiger partial charge in [-0.05, 0) is 50.4 Å². The summed E-state index contributed by atoms with van der Waals surface area (Å²) in [4.78, 5) is 18.3. The van der Waals surface area contributed by atoms with E-state index in [1.54, 1.807) is 6.92 Å². The van der Waals surface area contributed by atoms with E-state index in [4.69, 9.17) is 0 Å².